The molecule has 13 heavy (non-hydrogen) atoms. The number of carboxylic acid groups (broad SMARTS) is 1. The van der Waals surface area contributed by atoms with Gasteiger partial charge in [-0.3, -0.25) is 0 Å². The second-order valence-electron chi connectivity index (χ2n) is 2.37. The standard InChI is InChI=1S/C8H4BFNO2/c10-9-7-2-5(4-11)1-6(3-7)8(12)13/h1-3H,(H,12,13). The van der Waals surface area contributed by atoms with Crippen LogP contribution >= 0.6 is 0 Å². The van der Waals surface area contributed by atoms with E-state index in [1.807, 2.05) is 0 Å². The average Bonchev–Trinajstić information content (AvgIpc) is 2.16. The van der Waals surface area contributed by atoms with Crippen molar-refractivity contribution in [3.05, 3.63) is 29.3 Å². The maximum atomic E-state index is 12.1. The molecule has 1 N–H and O–H groups in total. The zero-order valence-corrected chi connectivity index (χ0v) is 6.49. The molecular weight excluding hydrogens is 172 g/mol. The maximum absolute atomic E-state index is 12.1. The highest BCUT2D eigenvalue weighted by Gasteiger charge is 2.07. The monoisotopic (exact) mass is 176 g/mol. The molecule has 0 bridgehead atoms. The number of aromatic carboxylic acids is 1. The highest BCUT2D eigenvalue weighted by Crippen LogP contribution is 2.02. The SMILES string of the molecule is N#Cc1cc([B]F)cc(C(=O)O)c1. The van der Waals surface area contributed by atoms with Crippen LogP contribution in [-0.4, -0.2) is 18.6 Å². The molecule has 1 aromatic carbocycles. The molecule has 1 aromatic rings. The van der Waals surface area contributed by atoms with Crippen molar-refractivity contribution in [1.29, 1.82) is 5.26 Å². The molecule has 0 atom stereocenters. The molecule has 0 saturated carbocycles. The molecule has 5 heteroatoms. The van der Waals surface area contributed by atoms with Crippen LogP contribution in [0.5, 0.6) is 0 Å². The van der Waals surface area contributed by atoms with Crippen molar-refractivity contribution in [2.45, 2.75) is 0 Å². The van der Waals surface area contributed by atoms with E-state index in [-0.39, 0.29) is 24.1 Å². The summed E-state index contributed by atoms with van der Waals surface area (Å²) in [5.74, 6) is -1.18. The second-order valence-corrected chi connectivity index (χ2v) is 2.37. The normalized spacial score (nSPS) is 8.92. The molecule has 0 aliphatic heterocycles. The van der Waals surface area contributed by atoms with Crippen LogP contribution < -0.4 is 5.46 Å². The van der Waals surface area contributed by atoms with Crippen molar-refractivity contribution in [3.8, 4) is 6.07 Å². The van der Waals surface area contributed by atoms with Crippen molar-refractivity contribution in [3.63, 3.8) is 0 Å². The number of nitriles is 1. The Labute approximate surface area is 74.7 Å². The van der Waals surface area contributed by atoms with E-state index in [0.29, 0.717) is 0 Å². The molecule has 0 aliphatic carbocycles. The molecule has 0 fully saturated rings. The van der Waals surface area contributed by atoms with Gasteiger partial charge in [-0.1, -0.05) is 6.07 Å². The Bertz CT molecular complexity index is 386. The zero-order valence-electron chi connectivity index (χ0n) is 6.49. The summed E-state index contributed by atoms with van der Waals surface area (Å²) in [7, 11) is 0.257. The van der Waals surface area contributed by atoms with Crippen LogP contribution in [-0.2, 0) is 0 Å². The van der Waals surface area contributed by atoms with Crippen LogP contribution in [0.1, 0.15) is 15.9 Å². The molecule has 0 amide bonds. The van der Waals surface area contributed by atoms with Crippen LogP contribution in [0.4, 0.5) is 4.32 Å². The van der Waals surface area contributed by atoms with Crippen LogP contribution in [0, 0.1) is 11.3 Å². The van der Waals surface area contributed by atoms with Crippen LogP contribution in [0.2, 0.25) is 0 Å². The Morgan fingerprint density at radius 3 is 2.69 bits per heavy atom. The number of carboxylic acids is 1. The van der Waals surface area contributed by atoms with E-state index in [1.165, 1.54) is 12.1 Å². The number of rotatable bonds is 2. The fraction of sp³-hybridized carbons (Fsp3) is 0. The quantitative estimate of drug-likeness (QED) is 0.666. The van der Waals surface area contributed by atoms with Gasteiger partial charge >= 0.3 is 13.5 Å². The summed E-state index contributed by atoms with van der Waals surface area (Å²) in [5.41, 5.74) is 0.114. The van der Waals surface area contributed by atoms with Gasteiger partial charge < -0.3 is 9.42 Å². The molecule has 0 spiro atoms. The summed E-state index contributed by atoms with van der Waals surface area (Å²) in [6, 6.07) is 5.36. The molecular formula is C8H4BFNO2. The summed E-state index contributed by atoms with van der Waals surface area (Å²) in [5, 5.41) is 17.1. The van der Waals surface area contributed by atoms with Crippen LogP contribution in [0.3, 0.4) is 0 Å². The fourth-order valence-electron chi connectivity index (χ4n) is 0.903. The lowest BCUT2D eigenvalue weighted by atomic mass is 9.88. The third-order valence-electron chi connectivity index (χ3n) is 1.46. The van der Waals surface area contributed by atoms with Crippen LogP contribution in [0.15, 0.2) is 18.2 Å². The molecule has 0 heterocycles. The van der Waals surface area contributed by atoms with Gasteiger partial charge in [-0.2, -0.15) is 5.26 Å². The third-order valence-corrected chi connectivity index (χ3v) is 1.46. The lowest BCUT2D eigenvalue weighted by Crippen LogP contribution is -2.13. The van der Waals surface area contributed by atoms with E-state index in [1.54, 1.807) is 6.07 Å². The Morgan fingerprint density at radius 1 is 1.54 bits per heavy atom. The largest absolute Gasteiger partial charge is 0.478 e. The molecule has 3 nitrogen and oxygen atoms in total. The third kappa shape index (κ3) is 2.06. The summed E-state index contributed by atoms with van der Waals surface area (Å²) in [6.45, 7) is 0. The highest BCUT2D eigenvalue weighted by molar-refractivity contribution is 6.46. The Kier molecular flexibility index (Phi) is 2.65. The van der Waals surface area contributed by atoms with E-state index in [2.05, 4.69) is 0 Å². The zero-order chi connectivity index (χ0) is 9.84. The van der Waals surface area contributed by atoms with Gasteiger partial charge in [0, 0.05) is 0 Å². The predicted octanol–water partition coefficient (Wildman–Crippen LogP) is 0.470. The van der Waals surface area contributed by atoms with Crippen molar-refractivity contribution in [1.82, 2.24) is 0 Å². The van der Waals surface area contributed by atoms with Crippen molar-refractivity contribution < 1.29 is 14.2 Å². The fourth-order valence-corrected chi connectivity index (χ4v) is 0.903. The second kappa shape index (κ2) is 3.72. The molecule has 0 aromatic heterocycles. The van der Waals surface area contributed by atoms with Gasteiger partial charge in [0.25, 0.3) is 0 Å². The van der Waals surface area contributed by atoms with Gasteiger partial charge in [0.05, 0.1) is 17.2 Å². The Hall–Kier alpha value is -1.83. The molecule has 0 aliphatic rings. The molecule has 0 unspecified atom stereocenters. The number of nitrogens with zero attached hydrogens (tertiary/aromatic N) is 1. The number of hydrogen-bond donors (Lipinski definition) is 1. The highest BCUT2D eigenvalue weighted by atomic mass is 19.1. The smallest absolute Gasteiger partial charge is 0.391 e. The minimum atomic E-state index is -1.18. The van der Waals surface area contributed by atoms with Gasteiger partial charge in [-0.05, 0) is 17.6 Å². The number of hydrogen-bond acceptors (Lipinski definition) is 2. The van der Waals surface area contributed by atoms with Gasteiger partial charge in [0.2, 0.25) is 0 Å². The van der Waals surface area contributed by atoms with E-state index < -0.39 is 5.97 Å². The first kappa shape index (κ1) is 9.26. The minimum absolute atomic E-state index is 0.0800. The van der Waals surface area contributed by atoms with Gasteiger partial charge in [-0.15, -0.1) is 0 Å². The summed E-state index contributed by atoms with van der Waals surface area (Å²) < 4.78 is 12.1. The molecule has 0 saturated heterocycles. The van der Waals surface area contributed by atoms with Gasteiger partial charge in [0.1, 0.15) is 0 Å². The molecule has 1 radical (unpaired) electrons. The minimum Gasteiger partial charge on any atom is -0.478 e. The first-order valence-electron chi connectivity index (χ1n) is 3.39. The summed E-state index contributed by atoms with van der Waals surface area (Å²) in [6.07, 6.45) is 0. The van der Waals surface area contributed by atoms with Gasteiger partial charge in [-0.25, -0.2) is 4.79 Å². The van der Waals surface area contributed by atoms with Crippen molar-refractivity contribution in [2.24, 2.45) is 0 Å². The van der Waals surface area contributed by atoms with E-state index >= 15 is 0 Å². The lowest BCUT2D eigenvalue weighted by molar-refractivity contribution is 0.0697. The molecule has 1 rings (SSSR count). The first-order valence-corrected chi connectivity index (χ1v) is 3.39. The maximum Gasteiger partial charge on any atom is 0.391 e. The van der Waals surface area contributed by atoms with Crippen LogP contribution in [0.25, 0.3) is 0 Å². The first-order chi connectivity index (χ1) is 6.17. The van der Waals surface area contributed by atoms with E-state index in [0.717, 1.165) is 6.07 Å². The number of benzene rings is 1. The summed E-state index contributed by atoms with van der Waals surface area (Å²) in [4.78, 5) is 10.5. The average molecular weight is 176 g/mol. The lowest BCUT2D eigenvalue weighted by Gasteiger charge is -1.97. The number of carbonyl (C=O) groups is 1. The molecule has 63 valence electrons. The topological polar surface area (TPSA) is 61.1 Å². The van der Waals surface area contributed by atoms with Gasteiger partial charge in [0.15, 0.2) is 0 Å². The predicted molar refractivity (Wildman–Crippen MR) is 44.6 cm³/mol. The Balaban J connectivity index is 3.24. The van der Waals surface area contributed by atoms with E-state index in [4.69, 9.17) is 10.4 Å². The van der Waals surface area contributed by atoms with Crippen molar-refractivity contribution >= 4 is 19.0 Å². The number of halogens is 1. The van der Waals surface area contributed by atoms with Crippen molar-refractivity contribution in [2.75, 3.05) is 0 Å². The Morgan fingerprint density at radius 2 is 2.23 bits per heavy atom. The summed E-state index contributed by atoms with van der Waals surface area (Å²) >= 11 is 0. The van der Waals surface area contributed by atoms with E-state index in [9.17, 15) is 9.11 Å².